The highest BCUT2D eigenvalue weighted by Crippen LogP contribution is 2.14. The molecule has 5 heteroatoms. The van der Waals surface area contributed by atoms with E-state index < -0.39 is 0 Å². The SMILES string of the molecule is CCCCCNc1ncc(C(=O)Nc2ccccc2C)cn1. The topological polar surface area (TPSA) is 66.9 Å². The molecule has 0 aliphatic rings. The van der Waals surface area contributed by atoms with Crippen LogP contribution in [0, 0.1) is 6.92 Å². The molecule has 1 heterocycles. The first-order valence-corrected chi connectivity index (χ1v) is 7.63. The Kier molecular flexibility index (Phi) is 5.89. The van der Waals surface area contributed by atoms with Crippen molar-refractivity contribution in [2.75, 3.05) is 17.2 Å². The minimum absolute atomic E-state index is 0.202. The number of amides is 1. The van der Waals surface area contributed by atoms with Crippen LogP contribution in [0.5, 0.6) is 0 Å². The second-order valence-electron chi connectivity index (χ2n) is 5.20. The number of carbonyl (C=O) groups excluding carboxylic acids is 1. The summed E-state index contributed by atoms with van der Waals surface area (Å²) in [6, 6.07) is 7.66. The molecule has 0 saturated heterocycles. The summed E-state index contributed by atoms with van der Waals surface area (Å²) in [6.45, 7) is 4.97. The van der Waals surface area contributed by atoms with Crippen LogP contribution in [-0.4, -0.2) is 22.4 Å². The zero-order valence-electron chi connectivity index (χ0n) is 13.1. The molecule has 2 rings (SSSR count). The number of aryl methyl sites for hydroxylation is 1. The van der Waals surface area contributed by atoms with Crippen LogP contribution in [0.1, 0.15) is 42.1 Å². The van der Waals surface area contributed by atoms with Gasteiger partial charge in [0, 0.05) is 24.6 Å². The van der Waals surface area contributed by atoms with Gasteiger partial charge in [0.25, 0.3) is 5.91 Å². The number of unbranched alkanes of at least 4 members (excludes halogenated alkanes) is 2. The van der Waals surface area contributed by atoms with Crippen molar-refractivity contribution < 1.29 is 4.79 Å². The monoisotopic (exact) mass is 298 g/mol. The number of carbonyl (C=O) groups is 1. The maximum absolute atomic E-state index is 12.2. The molecule has 0 spiro atoms. The molecule has 0 fully saturated rings. The first kappa shape index (κ1) is 15.9. The molecule has 1 aromatic carbocycles. The highest BCUT2D eigenvalue weighted by atomic mass is 16.1. The smallest absolute Gasteiger partial charge is 0.258 e. The molecule has 0 saturated carbocycles. The van der Waals surface area contributed by atoms with Crippen LogP contribution in [0.4, 0.5) is 11.6 Å². The number of nitrogens with one attached hydrogen (secondary N) is 2. The third-order valence-corrected chi connectivity index (χ3v) is 3.37. The Bertz CT molecular complexity index is 610. The van der Waals surface area contributed by atoms with Crippen LogP contribution in [0.25, 0.3) is 0 Å². The van der Waals surface area contributed by atoms with Gasteiger partial charge in [-0.3, -0.25) is 4.79 Å². The molecule has 5 nitrogen and oxygen atoms in total. The van der Waals surface area contributed by atoms with Crippen LogP contribution in [0.2, 0.25) is 0 Å². The van der Waals surface area contributed by atoms with Crippen molar-refractivity contribution in [3.05, 3.63) is 47.8 Å². The third-order valence-electron chi connectivity index (χ3n) is 3.37. The van der Waals surface area contributed by atoms with Crippen LogP contribution < -0.4 is 10.6 Å². The minimum atomic E-state index is -0.202. The minimum Gasteiger partial charge on any atom is -0.354 e. The van der Waals surface area contributed by atoms with Gasteiger partial charge in [-0.25, -0.2) is 9.97 Å². The third kappa shape index (κ3) is 4.55. The fraction of sp³-hybridized carbons (Fsp3) is 0.353. The largest absolute Gasteiger partial charge is 0.354 e. The summed E-state index contributed by atoms with van der Waals surface area (Å²) in [5.41, 5.74) is 2.27. The van der Waals surface area contributed by atoms with Crippen molar-refractivity contribution in [3.8, 4) is 0 Å². The number of nitrogens with zero attached hydrogens (tertiary/aromatic N) is 2. The molecule has 0 unspecified atom stereocenters. The van der Waals surface area contributed by atoms with Gasteiger partial charge in [0.1, 0.15) is 0 Å². The fourth-order valence-corrected chi connectivity index (χ4v) is 2.02. The molecule has 2 N–H and O–H groups in total. The Hall–Kier alpha value is -2.43. The summed E-state index contributed by atoms with van der Waals surface area (Å²) in [7, 11) is 0. The van der Waals surface area contributed by atoms with E-state index in [4.69, 9.17) is 0 Å². The van der Waals surface area contributed by atoms with Gasteiger partial charge in [0.2, 0.25) is 5.95 Å². The lowest BCUT2D eigenvalue weighted by Gasteiger charge is -2.08. The van der Waals surface area contributed by atoms with Gasteiger partial charge in [0.15, 0.2) is 0 Å². The molecular weight excluding hydrogens is 276 g/mol. The van der Waals surface area contributed by atoms with Crippen LogP contribution >= 0.6 is 0 Å². The van der Waals surface area contributed by atoms with Gasteiger partial charge >= 0.3 is 0 Å². The zero-order valence-corrected chi connectivity index (χ0v) is 13.1. The van der Waals surface area contributed by atoms with Gasteiger partial charge in [-0.15, -0.1) is 0 Å². The quantitative estimate of drug-likeness (QED) is 0.766. The van der Waals surface area contributed by atoms with Crippen LogP contribution in [0.15, 0.2) is 36.7 Å². The molecule has 0 aliphatic heterocycles. The van der Waals surface area contributed by atoms with Crippen molar-refractivity contribution in [1.82, 2.24) is 9.97 Å². The lowest BCUT2D eigenvalue weighted by Crippen LogP contribution is -2.14. The van der Waals surface area contributed by atoms with E-state index in [0.29, 0.717) is 11.5 Å². The molecular formula is C17H22N4O. The summed E-state index contributed by atoms with van der Waals surface area (Å²) in [5, 5.41) is 6.02. The second kappa shape index (κ2) is 8.12. The summed E-state index contributed by atoms with van der Waals surface area (Å²) < 4.78 is 0. The van der Waals surface area contributed by atoms with Gasteiger partial charge in [-0.1, -0.05) is 38.0 Å². The zero-order chi connectivity index (χ0) is 15.8. The number of hydrogen-bond donors (Lipinski definition) is 2. The van der Waals surface area contributed by atoms with Gasteiger partial charge in [-0.2, -0.15) is 0 Å². The van der Waals surface area contributed by atoms with Gasteiger partial charge in [-0.05, 0) is 25.0 Å². The van der Waals surface area contributed by atoms with Gasteiger partial charge in [0.05, 0.1) is 5.56 Å². The van der Waals surface area contributed by atoms with E-state index in [-0.39, 0.29) is 5.91 Å². The summed E-state index contributed by atoms with van der Waals surface area (Å²) in [6.07, 6.45) is 6.55. The first-order chi connectivity index (χ1) is 10.7. The van der Waals surface area contributed by atoms with Crippen LogP contribution in [-0.2, 0) is 0 Å². The molecule has 0 aliphatic carbocycles. The fourth-order valence-electron chi connectivity index (χ4n) is 2.02. The van der Waals surface area contributed by atoms with Crippen molar-refractivity contribution >= 4 is 17.5 Å². The summed E-state index contributed by atoms with van der Waals surface area (Å²) >= 11 is 0. The molecule has 1 amide bonds. The van der Waals surface area contributed by atoms with Crippen molar-refractivity contribution in [2.24, 2.45) is 0 Å². The van der Waals surface area contributed by atoms with E-state index in [1.54, 1.807) is 12.4 Å². The Morgan fingerprint density at radius 3 is 2.55 bits per heavy atom. The maximum atomic E-state index is 12.2. The average molecular weight is 298 g/mol. The van der Waals surface area contributed by atoms with Crippen molar-refractivity contribution in [1.29, 1.82) is 0 Å². The molecule has 0 radical (unpaired) electrons. The number of anilines is 2. The lowest BCUT2D eigenvalue weighted by molar-refractivity contribution is 0.102. The number of aromatic nitrogens is 2. The van der Waals surface area contributed by atoms with E-state index in [1.807, 2.05) is 31.2 Å². The molecule has 0 atom stereocenters. The normalized spacial score (nSPS) is 10.3. The predicted octanol–water partition coefficient (Wildman–Crippen LogP) is 3.64. The molecule has 1 aromatic heterocycles. The molecule has 116 valence electrons. The Labute approximate surface area is 131 Å². The van der Waals surface area contributed by atoms with Crippen molar-refractivity contribution in [3.63, 3.8) is 0 Å². The maximum Gasteiger partial charge on any atom is 0.258 e. The highest BCUT2D eigenvalue weighted by molar-refractivity contribution is 6.04. The van der Waals surface area contributed by atoms with Gasteiger partial charge < -0.3 is 10.6 Å². The summed E-state index contributed by atoms with van der Waals surface area (Å²) in [4.78, 5) is 20.5. The van der Waals surface area contributed by atoms with E-state index >= 15 is 0 Å². The molecule has 22 heavy (non-hydrogen) atoms. The lowest BCUT2D eigenvalue weighted by atomic mass is 10.2. The predicted molar refractivity (Wildman–Crippen MR) is 89.2 cm³/mol. The van der Waals surface area contributed by atoms with E-state index in [2.05, 4.69) is 27.5 Å². The highest BCUT2D eigenvalue weighted by Gasteiger charge is 2.08. The number of hydrogen-bond acceptors (Lipinski definition) is 4. The van der Waals surface area contributed by atoms with E-state index in [0.717, 1.165) is 24.2 Å². The standard InChI is InChI=1S/C17H22N4O/c1-3-4-7-10-18-17-19-11-14(12-20-17)16(22)21-15-9-6-5-8-13(15)2/h5-6,8-9,11-12H,3-4,7,10H2,1-2H3,(H,21,22)(H,18,19,20). The Balaban J connectivity index is 1.92. The Morgan fingerprint density at radius 1 is 1.14 bits per heavy atom. The number of para-hydroxylation sites is 1. The second-order valence-corrected chi connectivity index (χ2v) is 5.20. The summed E-state index contributed by atoms with van der Waals surface area (Å²) in [5.74, 6) is 0.357. The number of rotatable bonds is 7. The first-order valence-electron chi connectivity index (χ1n) is 7.63. The number of benzene rings is 1. The average Bonchev–Trinajstić information content (AvgIpc) is 2.54. The van der Waals surface area contributed by atoms with Crippen molar-refractivity contribution in [2.45, 2.75) is 33.1 Å². The van der Waals surface area contributed by atoms with E-state index in [9.17, 15) is 4.79 Å². The molecule has 0 bridgehead atoms. The molecule has 2 aromatic rings. The van der Waals surface area contributed by atoms with Crippen LogP contribution in [0.3, 0.4) is 0 Å². The Morgan fingerprint density at radius 2 is 1.86 bits per heavy atom. The van der Waals surface area contributed by atoms with E-state index in [1.165, 1.54) is 12.8 Å².